The summed E-state index contributed by atoms with van der Waals surface area (Å²) in [7, 11) is 0. The number of piperazine rings is 1. The van der Waals surface area contributed by atoms with E-state index >= 15 is 0 Å². The van der Waals surface area contributed by atoms with Gasteiger partial charge in [-0.1, -0.05) is 36.9 Å². The summed E-state index contributed by atoms with van der Waals surface area (Å²) in [6.45, 7) is 12.4. The molecule has 45 heavy (non-hydrogen) atoms. The summed E-state index contributed by atoms with van der Waals surface area (Å²) in [5, 5.41) is 12.1. The predicted octanol–water partition coefficient (Wildman–Crippen LogP) is 3.86. The van der Waals surface area contributed by atoms with Gasteiger partial charge in [-0.05, 0) is 49.3 Å². The van der Waals surface area contributed by atoms with Gasteiger partial charge in [0, 0.05) is 61.9 Å². The van der Waals surface area contributed by atoms with Crippen LogP contribution in [0, 0.1) is 18.3 Å². The highest BCUT2D eigenvalue weighted by molar-refractivity contribution is 5.97. The average Bonchev–Trinajstić information content (AvgIpc) is 3.70. The minimum atomic E-state index is -0.234. The highest BCUT2D eigenvalue weighted by atomic mass is 16.5. The lowest BCUT2D eigenvalue weighted by atomic mass is 9.99. The number of amides is 1. The van der Waals surface area contributed by atoms with Crippen LogP contribution in [0.25, 0.3) is 10.8 Å². The molecule has 1 aromatic heterocycles. The molecule has 10 heteroatoms. The van der Waals surface area contributed by atoms with Crippen molar-refractivity contribution in [1.29, 1.82) is 5.26 Å². The molecule has 5 heterocycles. The van der Waals surface area contributed by atoms with Gasteiger partial charge >= 0.3 is 6.01 Å². The molecule has 2 bridgehead atoms. The number of morpholine rings is 1. The van der Waals surface area contributed by atoms with E-state index in [1.54, 1.807) is 4.90 Å². The number of carbonyl (C=O) groups excluding carboxylic acids is 1. The maximum atomic E-state index is 12.6. The van der Waals surface area contributed by atoms with Gasteiger partial charge in [-0.2, -0.15) is 15.2 Å². The van der Waals surface area contributed by atoms with Crippen LogP contribution in [0.2, 0.25) is 0 Å². The van der Waals surface area contributed by atoms with Crippen molar-refractivity contribution in [3.05, 3.63) is 65.9 Å². The van der Waals surface area contributed by atoms with Crippen molar-refractivity contribution >= 4 is 28.2 Å². The molecular weight excluding hydrogens is 566 g/mol. The molecule has 0 aliphatic carbocycles. The molecule has 4 aliphatic rings. The molecule has 2 aromatic carbocycles. The summed E-state index contributed by atoms with van der Waals surface area (Å²) in [5.41, 5.74) is 4.58. The number of fused-ring (bicyclic) bond motifs is 4. The molecule has 3 aromatic rings. The number of anilines is 2. The fourth-order valence-electron chi connectivity index (χ4n) is 7.61. The number of carbonyl (C=O) groups is 1. The van der Waals surface area contributed by atoms with Crippen LogP contribution in [0.1, 0.15) is 36.1 Å². The van der Waals surface area contributed by atoms with Crippen LogP contribution in [-0.4, -0.2) is 96.3 Å². The first kappa shape index (κ1) is 29.5. The van der Waals surface area contributed by atoms with E-state index in [0.717, 1.165) is 62.6 Å². The topological polar surface area (TPSA) is 98.1 Å². The zero-order valence-electron chi connectivity index (χ0n) is 26.0. The summed E-state index contributed by atoms with van der Waals surface area (Å²) < 4.78 is 12.0. The summed E-state index contributed by atoms with van der Waals surface area (Å²) in [6.07, 6.45) is 4.81. The summed E-state index contributed by atoms with van der Waals surface area (Å²) in [4.78, 5) is 31.5. The molecule has 0 saturated carbocycles. The number of benzene rings is 2. The van der Waals surface area contributed by atoms with Gasteiger partial charge in [-0.25, -0.2) is 0 Å². The van der Waals surface area contributed by atoms with E-state index in [2.05, 4.69) is 70.7 Å². The van der Waals surface area contributed by atoms with Gasteiger partial charge in [0.1, 0.15) is 5.82 Å². The lowest BCUT2D eigenvalue weighted by Crippen LogP contribution is -2.55. The second-order valence-electron chi connectivity index (χ2n) is 12.6. The van der Waals surface area contributed by atoms with Crippen LogP contribution < -0.4 is 14.5 Å². The molecule has 7 rings (SSSR count). The fourth-order valence-corrected chi connectivity index (χ4v) is 7.61. The summed E-state index contributed by atoms with van der Waals surface area (Å²) in [5.74, 6) is 0.730. The maximum absolute atomic E-state index is 12.6. The summed E-state index contributed by atoms with van der Waals surface area (Å²) >= 11 is 0. The van der Waals surface area contributed by atoms with Crippen LogP contribution in [0.5, 0.6) is 6.01 Å². The van der Waals surface area contributed by atoms with E-state index in [9.17, 15) is 10.1 Å². The van der Waals surface area contributed by atoms with Gasteiger partial charge in [-0.15, -0.1) is 0 Å². The minimum absolute atomic E-state index is 0.137. The predicted molar refractivity (Wildman–Crippen MR) is 173 cm³/mol. The van der Waals surface area contributed by atoms with Gasteiger partial charge in [-0.3, -0.25) is 9.69 Å². The van der Waals surface area contributed by atoms with Crippen molar-refractivity contribution in [2.75, 3.05) is 62.3 Å². The summed E-state index contributed by atoms with van der Waals surface area (Å²) in [6, 6.07) is 15.9. The molecule has 3 saturated heterocycles. The van der Waals surface area contributed by atoms with E-state index < -0.39 is 0 Å². The lowest BCUT2D eigenvalue weighted by Gasteiger charge is -2.42. The van der Waals surface area contributed by atoms with Crippen LogP contribution >= 0.6 is 0 Å². The first-order valence-corrected chi connectivity index (χ1v) is 16.2. The molecule has 0 unspecified atom stereocenters. The maximum Gasteiger partial charge on any atom is 0.318 e. The Bertz CT molecular complexity index is 1630. The van der Waals surface area contributed by atoms with Crippen LogP contribution in [0.3, 0.4) is 0 Å². The van der Waals surface area contributed by atoms with Crippen molar-refractivity contribution in [2.24, 2.45) is 0 Å². The Morgan fingerprint density at radius 1 is 1.16 bits per heavy atom. The third kappa shape index (κ3) is 5.83. The third-order valence-corrected chi connectivity index (χ3v) is 9.86. The molecule has 1 amide bonds. The number of hydrogen-bond donors (Lipinski definition) is 0. The average molecular weight is 608 g/mol. The third-order valence-electron chi connectivity index (χ3n) is 9.86. The number of ether oxygens (including phenoxy) is 2. The normalized spacial score (nSPS) is 22.8. The van der Waals surface area contributed by atoms with Gasteiger partial charge in [0.25, 0.3) is 0 Å². The molecule has 0 spiro atoms. The van der Waals surface area contributed by atoms with Gasteiger partial charge in [0.15, 0.2) is 0 Å². The van der Waals surface area contributed by atoms with Crippen LogP contribution in [0.15, 0.2) is 49.1 Å². The molecule has 4 aliphatic heterocycles. The van der Waals surface area contributed by atoms with E-state index in [1.807, 2.05) is 0 Å². The zero-order valence-corrected chi connectivity index (χ0v) is 26.0. The number of hydrogen-bond acceptors (Lipinski definition) is 9. The SMILES string of the molecule is C=CC(=O)N1CCN(c2nc(OCCCN3C[C@@H]4C[C@H]3CO4)nc3c2CCN(c2cccc4cccc(C)c24)C3)C[C@@H]1CC#N. The zero-order chi connectivity index (χ0) is 30.9. The van der Waals surface area contributed by atoms with E-state index in [0.29, 0.717) is 50.9 Å². The number of likely N-dealkylation sites (tertiary alicyclic amines) is 1. The smallest absolute Gasteiger partial charge is 0.318 e. The molecule has 10 nitrogen and oxygen atoms in total. The largest absolute Gasteiger partial charge is 0.463 e. The Morgan fingerprint density at radius 2 is 2.02 bits per heavy atom. The number of rotatable bonds is 9. The number of nitrogens with zero attached hydrogens (tertiary/aromatic N) is 7. The lowest BCUT2D eigenvalue weighted by molar-refractivity contribution is -0.128. The Kier molecular flexibility index (Phi) is 8.30. The first-order chi connectivity index (χ1) is 22.0. The van der Waals surface area contributed by atoms with Crippen molar-refractivity contribution in [3.63, 3.8) is 0 Å². The molecule has 0 N–H and O–H groups in total. The fraction of sp³-hybridized carbons (Fsp3) is 0.486. The molecule has 3 fully saturated rings. The molecular formula is C35H41N7O3. The van der Waals surface area contributed by atoms with E-state index in [-0.39, 0.29) is 18.4 Å². The highest BCUT2D eigenvalue weighted by Crippen LogP contribution is 2.36. The monoisotopic (exact) mass is 607 g/mol. The van der Waals surface area contributed by atoms with E-state index in [4.69, 9.17) is 19.4 Å². The van der Waals surface area contributed by atoms with Crippen molar-refractivity contribution in [1.82, 2.24) is 19.8 Å². The Labute approximate surface area is 264 Å². The molecule has 3 atom stereocenters. The Morgan fingerprint density at radius 3 is 2.80 bits per heavy atom. The van der Waals surface area contributed by atoms with Crippen LogP contribution in [-0.2, 0) is 22.5 Å². The van der Waals surface area contributed by atoms with Gasteiger partial charge in [0.05, 0.1) is 50.1 Å². The van der Waals surface area contributed by atoms with Crippen LogP contribution in [0.4, 0.5) is 11.5 Å². The number of aryl methyl sites for hydroxylation is 1. The Hall–Kier alpha value is -4.20. The second kappa shape index (κ2) is 12.7. The van der Waals surface area contributed by atoms with Crippen molar-refractivity contribution in [2.45, 2.75) is 57.3 Å². The highest BCUT2D eigenvalue weighted by Gasteiger charge is 2.38. The standard InChI is InChI=1S/C35H41N7O3/c1-3-32(43)42-17-16-41(20-26(42)11-13-36)34-29-12-15-40(31-10-5-9-25-8-4-7-24(2)33(25)31)22-30(29)37-35(38-34)44-18-6-14-39-21-28-19-27(39)23-45-28/h3-5,7-10,26-28H,1,6,11-12,14-23H2,2H3/t26-,27-,28-/m0/s1. The van der Waals surface area contributed by atoms with Crippen molar-refractivity contribution in [3.8, 4) is 12.1 Å². The van der Waals surface area contributed by atoms with Gasteiger partial charge < -0.3 is 24.2 Å². The minimum Gasteiger partial charge on any atom is -0.463 e. The molecule has 234 valence electrons. The number of nitriles is 1. The first-order valence-electron chi connectivity index (χ1n) is 16.2. The number of aromatic nitrogens is 2. The second-order valence-corrected chi connectivity index (χ2v) is 12.6. The van der Waals surface area contributed by atoms with Gasteiger partial charge in [0.2, 0.25) is 5.91 Å². The Balaban J connectivity index is 1.15. The quantitative estimate of drug-likeness (QED) is 0.265. The van der Waals surface area contributed by atoms with Crippen molar-refractivity contribution < 1.29 is 14.3 Å². The van der Waals surface area contributed by atoms with E-state index in [1.165, 1.54) is 28.1 Å². The molecule has 0 radical (unpaired) electrons.